The highest BCUT2D eigenvalue weighted by molar-refractivity contribution is 6.42. The Labute approximate surface area is 157 Å². The number of hydrogen-bond acceptors (Lipinski definition) is 5. The van der Waals surface area contributed by atoms with E-state index >= 15 is 0 Å². The number of amides is 1. The van der Waals surface area contributed by atoms with E-state index in [1.165, 1.54) is 23.3 Å². The largest absolute Gasteiger partial charge is 0.477 e. The molecule has 3 rings (SSSR count). The number of carbonyl (C=O) groups excluding carboxylic acids is 1. The molecule has 0 saturated heterocycles. The van der Waals surface area contributed by atoms with Crippen LogP contribution in [0, 0.1) is 0 Å². The minimum Gasteiger partial charge on any atom is -0.477 e. The summed E-state index contributed by atoms with van der Waals surface area (Å²) >= 11 is 11.8. The first-order valence-electron chi connectivity index (χ1n) is 7.30. The summed E-state index contributed by atoms with van der Waals surface area (Å²) in [5, 5.41) is 20.3. The maximum Gasteiger partial charge on any atom is 0.354 e. The van der Waals surface area contributed by atoms with Crippen LogP contribution in [0.3, 0.4) is 0 Å². The van der Waals surface area contributed by atoms with E-state index in [0.717, 1.165) is 10.2 Å². The summed E-state index contributed by atoms with van der Waals surface area (Å²) in [6, 6.07) is 6.51. The molecule has 0 aliphatic rings. The van der Waals surface area contributed by atoms with E-state index in [1.54, 1.807) is 18.2 Å². The Morgan fingerprint density at radius 3 is 2.73 bits per heavy atom. The van der Waals surface area contributed by atoms with Crippen molar-refractivity contribution in [3.05, 3.63) is 58.1 Å². The van der Waals surface area contributed by atoms with Crippen LogP contribution in [0.4, 0.5) is 5.95 Å². The second kappa shape index (κ2) is 7.54. The molecule has 11 heteroatoms. The number of nitrogens with one attached hydrogen (secondary N) is 1. The van der Waals surface area contributed by atoms with E-state index in [9.17, 15) is 9.59 Å². The van der Waals surface area contributed by atoms with Gasteiger partial charge in [0.15, 0.2) is 0 Å². The smallest absolute Gasteiger partial charge is 0.354 e. The van der Waals surface area contributed by atoms with Gasteiger partial charge < -0.3 is 5.11 Å². The van der Waals surface area contributed by atoms with Crippen molar-refractivity contribution in [1.29, 1.82) is 0 Å². The van der Waals surface area contributed by atoms with Crippen LogP contribution in [-0.2, 0) is 17.9 Å². The number of nitrogens with zero attached hydrogens (tertiary/aromatic N) is 5. The fraction of sp³-hybridized carbons (Fsp3) is 0.133. The van der Waals surface area contributed by atoms with E-state index in [0.29, 0.717) is 16.6 Å². The fourth-order valence-electron chi connectivity index (χ4n) is 2.19. The third-order valence-electron chi connectivity index (χ3n) is 3.35. The Kier molecular flexibility index (Phi) is 5.19. The lowest BCUT2D eigenvalue weighted by molar-refractivity contribution is -0.117. The molecule has 2 N–H and O–H groups in total. The van der Waals surface area contributed by atoms with E-state index in [2.05, 4.69) is 20.5 Å². The van der Waals surface area contributed by atoms with Crippen LogP contribution >= 0.6 is 23.2 Å². The van der Waals surface area contributed by atoms with Gasteiger partial charge in [0.25, 0.3) is 0 Å². The number of aromatic carboxylic acids is 1. The summed E-state index contributed by atoms with van der Waals surface area (Å²) in [6.45, 7) is 0.123. The molecular formula is C15H12Cl2N6O3. The summed E-state index contributed by atoms with van der Waals surface area (Å²) in [7, 11) is 0. The SMILES string of the molecule is O=C(Cn1nccc1C(=O)O)Nc1ncn(Cc2ccc(Cl)c(Cl)c2)n1. The molecule has 26 heavy (non-hydrogen) atoms. The first kappa shape index (κ1) is 17.9. The van der Waals surface area contributed by atoms with Crippen molar-refractivity contribution >= 4 is 41.0 Å². The van der Waals surface area contributed by atoms with Crippen LogP contribution in [0.2, 0.25) is 10.0 Å². The predicted octanol–water partition coefficient (Wildman–Crippen LogP) is 2.17. The summed E-state index contributed by atoms with van der Waals surface area (Å²) in [6.07, 6.45) is 2.76. The van der Waals surface area contributed by atoms with Crippen molar-refractivity contribution in [3.8, 4) is 0 Å². The maximum atomic E-state index is 12.0. The van der Waals surface area contributed by atoms with E-state index in [4.69, 9.17) is 28.3 Å². The zero-order chi connectivity index (χ0) is 18.7. The Morgan fingerprint density at radius 2 is 2.00 bits per heavy atom. The van der Waals surface area contributed by atoms with E-state index in [1.807, 2.05) is 0 Å². The van der Waals surface area contributed by atoms with Crippen molar-refractivity contribution in [3.63, 3.8) is 0 Å². The van der Waals surface area contributed by atoms with Gasteiger partial charge in [0.1, 0.15) is 18.6 Å². The minimum atomic E-state index is -1.17. The van der Waals surface area contributed by atoms with Crippen molar-refractivity contribution in [2.45, 2.75) is 13.1 Å². The Balaban J connectivity index is 1.62. The van der Waals surface area contributed by atoms with Crippen molar-refractivity contribution in [2.75, 3.05) is 5.32 Å². The molecule has 0 saturated carbocycles. The summed E-state index contributed by atoms with van der Waals surface area (Å²) in [5.74, 6) is -1.57. The molecule has 134 valence electrons. The molecule has 0 atom stereocenters. The standard InChI is InChI=1S/C15H12Cl2N6O3/c16-10-2-1-9(5-11(10)17)6-22-8-18-15(21-22)20-13(24)7-23-12(14(25)26)3-4-19-23/h1-5,8H,6-7H2,(H,25,26)(H,20,21,24). The molecule has 0 fully saturated rings. The molecule has 0 aliphatic heterocycles. The van der Waals surface area contributed by atoms with Crippen LogP contribution in [0.5, 0.6) is 0 Å². The number of halogens is 2. The molecule has 0 bridgehead atoms. The monoisotopic (exact) mass is 394 g/mol. The minimum absolute atomic E-state index is 0.0849. The number of benzene rings is 1. The van der Waals surface area contributed by atoms with Crippen molar-refractivity contribution in [2.24, 2.45) is 0 Å². The van der Waals surface area contributed by atoms with Crippen LogP contribution in [0.25, 0.3) is 0 Å². The third kappa shape index (κ3) is 4.19. The molecule has 2 aromatic heterocycles. The van der Waals surface area contributed by atoms with Gasteiger partial charge in [-0.2, -0.15) is 5.10 Å². The van der Waals surface area contributed by atoms with Gasteiger partial charge in [0.2, 0.25) is 11.9 Å². The Bertz CT molecular complexity index is 968. The molecule has 2 heterocycles. The number of hydrogen-bond donors (Lipinski definition) is 2. The Hall–Kier alpha value is -2.91. The van der Waals surface area contributed by atoms with E-state index < -0.39 is 11.9 Å². The zero-order valence-corrected chi connectivity index (χ0v) is 14.6. The lowest BCUT2D eigenvalue weighted by Crippen LogP contribution is -2.22. The second-order valence-electron chi connectivity index (χ2n) is 5.24. The van der Waals surface area contributed by atoms with Crippen LogP contribution in [0.15, 0.2) is 36.8 Å². The van der Waals surface area contributed by atoms with Crippen molar-refractivity contribution < 1.29 is 14.7 Å². The lowest BCUT2D eigenvalue weighted by Gasteiger charge is -2.04. The van der Waals surface area contributed by atoms with Gasteiger partial charge in [0, 0.05) is 6.20 Å². The first-order chi connectivity index (χ1) is 12.4. The van der Waals surface area contributed by atoms with Gasteiger partial charge in [-0.25, -0.2) is 19.1 Å². The predicted molar refractivity (Wildman–Crippen MR) is 93.4 cm³/mol. The van der Waals surface area contributed by atoms with Crippen LogP contribution in [-0.4, -0.2) is 41.5 Å². The highest BCUT2D eigenvalue weighted by Crippen LogP contribution is 2.22. The van der Waals surface area contributed by atoms with Gasteiger partial charge >= 0.3 is 5.97 Å². The molecule has 1 aromatic carbocycles. The van der Waals surface area contributed by atoms with E-state index in [-0.39, 0.29) is 18.2 Å². The van der Waals surface area contributed by atoms with Crippen LogP contribution in [0.1, 0.15) is 16.1 Å². The summed E-state index contributed by atoms with van der Waals surface area (Å²) in [5.41, 5.74) is 0.781. The quantitative estimate of drug-likeness (QED) is 0.661. The maximum absolute atomic E-state index is 12.0. The molecule has 1 amide bonds. The molecule has 0 aliphatic carbocycles. The fourth-order valence-corrected chi connectivity index (χ4v) is 2.51. The average molecular weight is 395 g/mol. The molecular weight excluding hydrogens is 383 g/mol. The van der Waals surface area contributed by atoms with Crippen LogP contribution < -0.4 is 5.32 Å². The molecule has 9 nitrogen and oxygen atoms in total. The number of rotatable bonds is 6. The second-order valence-corrected chi connectivity index (χ2v) is 6.06. The topological polar surface area (TPSA) is 115 Å². The van der Waals surface area contributed by atoms with Gasteiger partial charge in [-0.15, -0.1) is 5.10 Å². The zero-order valence-electron chi connectivity index (χ0n) is 13.1. The number of carboxylic acids is 1. The van der Waals surface area contributed by atoms with Crippen molar-refractivity contribution in [1.82, 2.24) is 24.5 Å². The number of carboxylic acid groups (broad SMARTS) is 1. The average Bonchev–Trinajstić information content (AvgIpc) is 3.20. The third-order valence-corrected chi connectivity index (χ3v) is 4.08. The molecule has 0 spiro atoms. The molecule has 3 aromatic rings. The normalized spacial score (nSPS) is 10.7. The lowest BCUT2D eigenvalue weighted by atomic mass is 10.2. The van der Waals surface area contributed by atoms with Gasteiger partial charge in [-0.1, -0.05) is 29.3 Å². The number of anilines is 1. The molecule has 0 unspecified atom stereocenters. The highest BCUT2D eigenvalue weighted by atomic mass is 35.5. The Morgan fingerprint density at radius 1 is 1.19 bits per heavy atom. The number of carbonyl (C=O) groups is 2. The number of aromatic nitrogens is 5. The van der Waals surface area contributed by atoms with Gasteiger partial charge in [0.05, 0.1) is 16.6 Å². The first-order valence-corrected chi connectivity index (χ1v) is 8.06. The summed E-state index contributed by atoms with van der Waals surface area (Å²) in [4.78, 5) is 27.0. The van der Waals surface area contributed by atoms with Gasteiger partial charge in [-0.3, -0.25) is 10.1 Å². The molecule has 0 radical (unpaired) electrons. The highest BCUT2D eigenvalue weighted by Gasteiger charge is 2.14. The summed E-state index contributed by atoms with van der Waals surface area (Å²) < 4.78 is 2.59. The van der Waals surface area contributed by atoms with Gasteiger partial charge in [-0.05, 0) is 23.8 Å².